The third kappa shape index (κ3) is 25.3. The van der Waals surface area contributed by atoms with Crippen LogP contribution in [0.2, 0.25) is 0 Å². The van der Waals surface area contributed by atoms with Crippen LogP contribution in [0.5, 0.6) is 5.75 Å². The summed E-state index contributed by atoms with van der Waals surface area (Å²) in [6.45, 7) is 26.5. The molecule has 0 aliphatic rings. The highest BCUT2D eigenvalue weighted by Crippen LogP contribution is 2.37. The summed E-state index contributed by atoms with van der Waals surface area (Å²) in [7, 11) is -4.84. The van der Waals surface area contributed by atoms with E-state index in [1.165, 1.54) is 123 Å². The summed E-state index contributed by atoms with van der Waals surface area (Å²) in [6.07, 6.45) is 0. The Labute approximate surface area is 468 Å². The largest absolute Gasteiger partial charge is 0.524 e. The summed E-state index contributed by atoms with van der Waals surface area (Å²) < 4.78 is 42.6. The maximum absolute atomic E-state index is 13.7. The van der Waals surface area contributed by atoms with Crippen molar-refractivity contribution in [3.8, 4) is 5.75 Å². The third-order valence-electron chi connectivity index (χ3n) is 11.6. The van der Waals surface area contributed by atoms with Gasteiger partial charge in [0.25, 0.3) is 5.91 Å². The van der Waals surface area contributed by atoms with Crippen LogP contribution in [0, 0.1) is 0 Å². The van der Waals surface area contributed by atoms with Gasteiger partial charge in [0.2, 0.25) is 47.3 Å². The first-order valence-electron chi connectivity index (χ1n) is 25.8. The molecule has 9 amide bonds. The number of hydrogen-bond donors (Lipinski definition) is 12. The molecule has 13 N–H and O–H groups in total. The molecule has 456 valence electrons. The Hall–Kier alpha value is -5.84. The molecule has 1 aromatic rings. The van der Waals surface area contributed by atoms with Gasteiger partial charge in [0.1, 0.15) is 50.1 Å². The van der Waals surface area contributed by atoms with Crippen molar-refractivity contribution in [2.45, 2.75) is 155 Å². The molecule has 29 heteroatoms. The highest BCUT2D eigenvalue weighted by Gasteiger charge is 2.45. The Balaban J connectivity index is 2.72. The number of rotatable bonds is 36. The summed E-state index contributed by atoms with van der Waals surface area (Å²) in [5.41, 5.74) is -7.78. The van der Waals surface area contributed by atoms with Crippen LogP contribution in [0.25, 0.3) is 0 Å². The molecule has 80 heavy (non-hydrogen) atoms. The molecule has 28 nitrogen and oxygen atoms in total. The Morgan fingerprint density at radius 2 is 0.625 bits per heavy atom. The molecule has 1 rings (SSSR count). The number of nitrogens with two attached hydrogens (primary N) is 1. The molecule has 0 fully saturated rings. The van der Waals surface area contributed by atoms with Gasteiger partial charge in [-0.3, -0.25) is 52.9 Å². The standard InChI is InChI=1S/C51H89N10O18P/c1-44(2,36(63)53-22-24-75-26-28-77-30-32-78-31-29-76-27-25-74-23-21-52)55-38(65)46(5,6)57-40(67)48(9,10)59-42(69)50(13,14)61-43(70)51(15,16)60-41(68)49(11,12)58-39(66)47(7,8)56-37(64)45(3,4)54-35(62)33-17-19-34(20-18-33)79-80(71,72)73/h17-20H,21-32,52H2,1-16H3,(H,53,63)(H,54,62)(H,55,65)(H,56,64)(H,57,67)(H,58,66)(H,59,69)(H,60,68)(H,61,70)(H2,71,72,73). The molecule has 1 aromatic carbocycles. The number of carbonyl (C=O) groups is 9. The van der Waals surface area contributed by atoms with E-state index in [0.29, 0.717) is 59.4 Å². The molecule has 0 atom stereocenters. The van der Waals surface area contributed by atoms with Crippen LogP contribution in [0.3, 0.4) is 0 Å². The average Bonchev–Trinajstić information content (AvgIpc) is 3.30. The number of benzene rings is 1. The minimum Gasteiger partial charge on any atom is -0.404 e. The quantitative estimate of drug-likeness (QED) is 0.0286. The van der Waals surface area contributed by atoms with E-state index < -0.39 is 105 Å². The van der Waals surface area contributed by atoms with E-state index in [2.05, 4.69) is 52.4 Å². The Kier molecular flexibility index (Phi) is 27.3. The Bertz CT molecular complexity index is 2350. The zero-order valence-electron chi connectivity index (χ0n) is 49.2. The fraction of sp³-hybridized carbons (Fsp3) is 0.706. The van der Waals surface area contributed by atoms with Crippen LogP contribution in [0.4, 0.5) is 0 Å². The highest BCUT2D eigenvalue weighted by atomic mass is 31.2. The molecule has 0 saturated carbocycles. The van der Waals surface area contributed by atoms with E-state index >= 15 is 0 Å². The van der Waals surface area contributed by atoms with E-state index in [9.17, 15) is 47.7 Å². The number of phosphoric ester groups is 1. The van der Waals surface area contributed by atoms with Gasteiger partial charge < -0.3 is 81.8 Å². The second-order valence-corrected chi connectivity index (χ2v) is 24.0. The van der Waals surface area contributed by atoms with Crippen molar-refractivity contribution in [1.29, 1.82) is 0 Å². The lowest BCUT2D eigenvalue weighted by Gasteiger charge is -2.38. The first-order chi connectivity index (χ1) is 36.4. The van der Waals surface area contributed by atoms with Crippen molar-refractivity contribution in [3.05, 3.63) is 29.8 Å². The monoisotopic (exact) mass is 1160 g/mol. The van der Waals surface area contributed by atoms with E-state index in [4.69, 9.17) is 39.2 Å². The zero-order valence-corrected chi connectivity index (χ0v) is 50.1. The maximum atomic E-state index is 13.7. The minimum absolute atomic E-state index is 0.0222. The average molecular weight is 1160 g/mol. The van der Waals surface area contributed by atoms with Gasteiger partial charge in [-0.25, -0.2) is 4.57 Å². The summed E-state index contributed by atoms with van der Waals surface area (Å²) in [4.78, 5) is 139. The van der Waals surface area contributed by atoms with Gasteiger partial charge in [0, 0.05) is 18.7 Å². The molecular weight excluding hydrogens is 1070 g/mol. The molecule has 0 aliphatic carbocycles. The molecule has 0 spiro atoms. The minimum atomic E-state index is -4.84. The molecule has 0 aromatic heterocycles. The fourth-order valence-corrected chi connectivity index (χ4v) is 6.61. The lowest BCUT2D eigenvalue weighted by atomic mass is 9.93. The normalized spacial score (nSPS) is 12.8. The van der Waals surface area contributed by atoms with Crippen LogP contribution in [-0.4, -0.2) is 186 Å². The van der Waals surface area contributed by atoms with Crippen LogP contribution in [-0.2, 0) is 66.6 Å². The van der Waals surface area contributed by atoms with Crippen LogP contribution in [0.1, 0.15) is 121 Å². The van der Waals surface area contributed by atoms with E-state index in [0.717, 1.165) is 12.1 Å². The number of ether oxygens (including phenoxy) is 5. The highest BCUT2D eigenvalue weighted by molar-refractivity contribution is 7.46. The number of nitrogens with one attached hydrogen (secondary N) is 9. The summed E-state index contributed by atoms with van der Waals surface area (Å²) in [5.74, 6) is -7.08. The molecule has 0 saturated heterocycles. The van der Waals surface area contributed by atoms with Crippen molar-refractivity contribution < 1.29 is 85.7 Å². The second kappa shape index (κ2) is 30.3. The Morgan fingerprint density at radius 1 is 0.388 bits per heavy atom. The summed E-state index contributed by atoms with van der Waals surface area (Å²) >= 11 is 0. The van der Waals surface area contributed by atoms with Gasteiger partial charge in [-0.05, 0) is 135 Å². The topological polar surface area (TPSA) is 401 Å². The predicted molar refractivity (Wildman–Crippen MR) is 292 cm³/mol. The van der Waals surface area contributed by atoms with Gasteiger partial charge >= 0.3 is 7.82 Å². The number of hydrogen-bond acceptors (Lipinski definition) is 17. The van der Waals surface area contributed by atoms with Crippen LogP contribution < -0.4 is 58.1 Å². The smallest absolute Gasteiger partial charge is 0.404 e. The lowest BCUT2D eigenvalue weighted by molar-refractivity contribution is -0.142. The van der Waals surface area contributed by atoms with Gasteiger partial charge in [-0.1, -0.05) is 0 Å². The summed E-state index contributed by atoms with van der Waals surface area (Å²) in [6, 6.07) is 4.74. The number of carbonyl (C=O) groups excluding carboxylic acids is 9. The zero-order chi connectivity index (χ0) is 61.8. The first kappa shape index (κ1) is 72.2. The van der Waals surface area contributed by atoms with Gasteiger partial charge in [-0.15, -0.1) is 0 Å². The van der Waals surface area contributed by atoms with Crippen molar-refractivity contribution in [1.82, 2.24) is 47.9 Å². The number of phosphoric acid groups is 1. The van der Waals surface area contributed by atoms with Crippen LogP contribution >= 0.6 is 7.82 Å². The molecule has 0 bridgehead atoms. The van der Waals surface area contributed by atoms with E-state index in [-0.39, 0.29) is 31.1 Å². The van der Waals surface area contributed by atoms with E-state index in [1.807, 2.05) is 0 Å². The van der Waals surface area contributed by atoms with Crippen molar-refractivity contribution in [3.63, 3.8) is 0 Å². The second-order valence-electron chi connectivity index (χ2n) is 22.8. The van der Waals surface area contributed by atoms with Gasteiger partial charge in [0.05, 0.1) is 66.1 Å². The van der Waals surface area contributed by atoms with Gasteiger partial charge in [0.15, 0.2) is 0 Å². The van der Waals surface area contributed by atoms with Crippen molar-refractivity contribution in [2.24, 2.45) is 5.73 Å². The van der Waals surface area contributed by atoms with E-state index in [1.54, 1.807) is 0 Å². The lowest BCUT2D eigenvalue weighted by Crippen LogP contribution is -2.69. The SMILES string of the molecule is CC(C)(NC(=O)c1ccc(OP(=O)(O)O)cc1)C(=O)NC(C)(C)C(=O)NC(C)(C)C(=O)NC(C)(C)C(=O)NC(C)(C)C(=O)NC(C)(C)C(=O)NC(C)(C)C(=O)NC(C)(C)C(=O)NCCOCCOCCOCCOCCOCCN. The molecular formula is C51H89N10O18P. The fourth-order valence-electron chi connectivity index (χ4n) is 6.22. The summed E-state index contributed by atoms with van der Waals surface area (Å²) in [5, 5.41) is 23.3. The third-order valence-corrected chi connectivity index (χ3v) is 12.0. The maximum Gasteiger partial charge on any atom is 0.524 e. The van der Waals surface area contributed by atoms with Crippen molar-refractivity contribution >= 4 is 61.0 Å². The first-order valence-corrected chi connectivity index (χ1v) is 27.3. The number of amides is 9. The van der Waals surface area contributed by atoms with Gasteiger partial charge in [-0.2, -0.15) is 0 Å². The van der Waals surface area contributed by atoms with Crippen LogP contribution in [0.15, 0.2) is 24.3 Å². The van der Waals surface area contributed by atoms with Crippen molar-refractivity contribution in [2.75, 3.05) is 79.2 Å². The molecule has 0 aliphatic heterocycles. The molecule has 0 unspecified atom stereocenters. The predicted octanol–water partition coefficient (Wildman–Crippen LogP) is -0.912. The molecule has 0 heterocycles. The Morgan fingerprint density at radius 3 is 0.887 bits per heavy atom. The molecule has 0 radical (unpaired) electrons.